The van der Waals surface area contributed by atoms with Crippen molar-refractivity contribution < 1.29 is 50.0 Å². The lowest BCUT2D eigenvalue weighted by Gasteiger charge is -2.40. The van der Waals surface area contributed by atoms with Crippen molar-refractivity contribution in [2.75, 3.05) is 13.2 Å². The first-order chi connectivity index (χ1) is 28.2. The molecule has 11 nitrogen and oxygen atoms in total. The van der Waals surface area contributed by atoms with Crippen LogP contribution in [-0.4, -0.2) is 110 Å². The molecule has 8 N–H and O–H groups in total. The van der Waals surface area contributed by atoms with Crippen molar-refractivity contribution in [1.82, 2.24) is 5.32 Å². The predicted molar refractivity (Wildman–Crippen MR) is 233 cm³/mol. The predicted octanol–water partition coefficient (Wildman–Crippen LogP) is 8.28. The number of unbranched alkanes of at least 4 members (excludes halogenated alkanes) is 29. The SMILES string of the molecule is CCCCCCCCCCCCCCCCCCCCCC(O)C(O)C(COC1OC(CO)C(O)C(O)C1O)NC(=O)C(O)CCCCCCCCCCCCCC. The van der Waals surface area contributed by atoms with Crippen molar-refractivity contribution in [3.05, 3.63) is 0 Å². The van der Waals surface area contributed by atoms with E-state index in [2.05, 4.69) is 19.2 Å². The van der Waals surface area contributed by atoms with Crippen LogP contribution in [0.5, 0.6) is 0 Å². The third kappa shape index (κ3) is 27.1. The molecule has 0 aromatic carbocycles. The summed E-state index contributed by atoms with van der Waals surface area (Å²) in [6.45, 7) is 3.45. The Morgan fingerprint density at radius 2 is 0.897 bits per heavy atom. The maximum absolute atomic E-state index is 13.1. The van der Waals surface area contributed by atoms with Crippen LogP contribution < -0.4 is 5.32 Å². The third-order valence-electron chi connectivity index (χ3n) is 12.2. The summed E-state index contributed by atoms with van der Waals surface area (Å²) in [5, 5.41) is 75.7. The lowest BCUT2D eigenvalue weighted by Crippen LogP contribution is -2.60. The van der Waals surface area contributed by atoms with Crippen LogP contribution in [0.4, 0.5) is 0 Å². The van der Waals surface area contributed by atoms with Gasteiger partial charge in [0.15, 0.2) is 6.29 Å². The van der Waals surface area contributed by atoms with Gasteiger partial charge in [-0.2, -0.15) is 0 Å². The zero-order valence-corrected chi connectivity index (χ0v) is 37.3. The van der Waals surface area contributed by atoms with Gasteiger partial charge in [-0.25, -0.2) is 0 Å². The van der Waals surface area contributed by atoms with Gasteiger partial charge in [0.2, 0.25) is 5.91 Å². The van der Waals surface area contributed by atoms with Gasteiger partial charge in [0, 0.05) is 0 Å². The Labute approximate surface area is 354 Å². The molecule has 0 radical (unpaired) electrons. The highest BCUT2D eigenvalue weighted by atomic mass is 16.7. The van der Waals surface area contributed by atoms with Gasteiger partial charge in [-0.3, -0.25) is 4.79 Å². The summed E-state index contributed by atoms with van der Waals surface area (Å²) in [7, 11) is 0. The fourth-order valence-corrected chi connectivity index (χ4v) is 8.09. The number of rotatable bonds is 41. The Kier molecular flexibility index (Phi) is 36.0. The van der Waals surface area contributed by atoms with Gasteiger partial charge in [-0.05, 0) is 12.8 Å². The highest BCUT2D eigenvalue weighted by Gasteiger charge is 2.44. The largest absolute Gasteiger partial charge is 0.394 e. The molecule has 58 heavy (non-hydrogen) atoms. The first-order valence-electron chi connectivity index (χ1n) is 24.4. The van der Waals surface area contributed by atoms with Crippen molar-refractivity contribution in [2.45, 2.75) is 281 Å². The number of nitrogens with one attached hydrogen (secondary N) is 1. The zero-order chi connectivity index (χ0) is 42.6. The van der Waals surface area contributed by atoms with Crippen LogP contribution in [0.3, 0.4) is 0 Å². The van der Waals surface area contributed by atoms with Crippen molar-refractivity contribution in [1.29, 1.82) is 0 Å². The number of aliphatic hydroxyl groups is 7. The van der Waals surface area contributed by atoms with E-state index in [1.807, 2.05) is 0 Å². The Balaban J connectivity index is 2.40. The maximum atomic E-state index is 13.1. The molecule has 0 aliphatic carbocycles. The van der Waals surface area contributed by atoms with Crippen LogP contribution in [0.1, 0.15) is 226 Å². The van der Waals surface area contributed by atoms with E-state index in [0.29, 0.717) is 19.3 Å². The molecule has 346 valence electrons. The summed E-state index contributed by atoms with van der Waals surface area (Å²) in [6.07, 6.45) is 27.2. The van der Waals surface area contributed by atoms with Gasteiger partial charge >= 0.3 is 0 Å². The van der Waals surface area contributed by atoms with Crippen LogP contribution in [0, 0.1) is 0 Å². The summed E-state index contributed by atoms with van der Waals surface area (Å²) in [5.41, 5.74) is 0. The van der Waals surface area contributed by atoms with Gasteiger partial charge in [0.25, 0.3) is 0 Å². The van der Waals surface area contributed by atoms with E-state index in [0.717, 1.165) is 38.5 Å². The van der Waals surface area contributed by atoms with Crippen molar-refractivity contribution in [2.24, 2.45) is 0 Å². The van der Waals surface area contributed by atoms with E-state index in [1.165, 1.54) is 148 Å². The molecule has 1 rings (SSSR count). The van der Waals surface area contributed by atoms with E-state index >= 15 is 0 Å². The minimum atomic E-state index is -1.66. The summed E-state index contributed by atoms with van der Waals surface area (Å²) < 4.78 is 11.1. The van der Waals surface area contributed by atoms with Gasteiger partial charge in [0.1, 0.15) is 36.6 Å². The van der Waals surface area contributed by atoms with E-state index in [4.69, 9.17) is 9.47 Å². The molecule has 1 aliphatic heterocycles. The number of hydrogen-bond acceptors (Lipinski definition) is 10. The van der Waals surface area contributed by atoms with Gasteiger partial charge in [0.05, 0.1) is 25.4 Å². The second-order valence-corrected chi connectivity index (χ2v) is 17.5. The van der Waals surface area contributed by atoms with E-state index in [1.54, 1.807) is 0 Å². The quantitative estimate of drug-likeness (QED) is 0.0279. The molecule has 11 heteroatoms. The Hall–Kier alpha value is -0.890. The average Bonchev–Trinajstić information content (AvgIpc) is 3.22. The Morgan fingerprint density at radius 3 is 1.28 bits per heavy atom. The maximum Gasteiger partial charge on any atom is 0.249 e. The lowest BCUT2D eigenvalue weighted by atomic mass is 9.98. The average molecular weight is 832 g/mol. The number of hydrogen-bond donors (Lipinski definition) is 8. The monoisotopic (exact) mass is 832 g/mol. The van der Waals surface area contributed by atoms with Crippen LogP contribution in [0.2, 0.25) is 0 Å². The molecule has 0 aromatic heterocycles. The topological polar surface area (TPSA) is 189 Å². The minimum Gasteiger partial charge on any atom is -0.394 e. The van der Waals surface area contributed by atoms with Gasteiger partial charge < -0.3 is 50.5 Å². The normalized spacial score (nSPS) is 21.8. The molecule has 9 atom stereocenters. The molecule has 1 saturated heterocycles. The Bertz CT molecular complexity index is 913. The highest BCUT2D eigenvalue weighted by Crippen LogP contribution is 2.23. The second kappa shape index (κ2) is 37.8. The van der Waals surface area contributed by atoms with Crippen molar-refractivity contribution >= 4 is 5.91 Å². The van der Waals surface area contributed by atoms with E-state index < -0.39 is 74.2 Å². The smallest absolute Gasteiger partial charge is 0.249 e. The molecule has 0 saturated carbocycles. The molecule has 1 heterocycles. The first kappa shape index (κ1) is 55.1. The number of amides is 1. The summed E-state index contributed by atoms with van der Waals surface area (Å²) in [5.74, 6) is -0.694. The number of carbonyl (C=O) groups excluding carboxylic acids is 1. The molecule has 1 fully saturated rings. The standard InChI is InChI=1S/C47H93NO10/c1-3-5-7-9-11-13-15-17-18-19-20-21-22-23-25-26-28-30-32-34-39(50)42(52)38(37-57-47-45(55)44(54)43(53)41(36-49)58-47)48-46(56)40(51)35-33-31-29-27-24-16-14-12-10-8-6-4-2/h38-45,47,49-55H,3-37H2,1-2H3,(H,48,56). The fourth-order valence-electron chi connectivity index (χ4n) is 8.09. The van der Waals surface area contributed by atoms with Crippen LogP contribution in [-0.2, 0) is 14.3 Å². The van der Waals surface area contributed by atoms with Gasteiger partial charge in [-0.1, -0.05) is 213 Å². The molecule has 0 aromatic rings. The van der Waals surface area contributed by atoms with Crippen LogP contribution in [0.25, 0.3) is 0 Å². The zero-order valence-electron chi connectivity index (χ0n) is 37.3. The highest BCUT2D eigenvalue weighted by molar-refractivity contribution is 5.80. The summed E-state index contributed by atoms with van der Waals surface area (Å²) in [4.78, 5) is 13.1. The number of carbonyl (C=O) groups is 1. The molecular formula is C47H93NO10. The van der Waals surface area contributed by atoms with Gasteiger partial charge in [-0.15, -0.1) is 0 Å². The van der Waals surface area contributed by atoms with E-state index in [9.17, 15) is 40.5 Å². The van der Waals surface area contributed by atoms with Crippen molar-refractivity contribution in [3.63, 3.8) is 0 Å². The van der Waals surface area contributed by atoms with Crippen LogP contribution >= 0.6 is 0 Å². The second-order valence-electron chi connectivity index (χ2n) is 17.5. The molecule has 0 spiro atoms. The van der Waals surface area contributed by atoms with Crippen molar-refractivity contribution in [3.8, 4) is 0 Å². The number of ether oxygens (including phenoxy) is 2. The van der Waals surface area contributed by atoms with E-state index in [-0.39, 0.29) is 6.42 Å². The summed E-state index contributed by atoms with van der Waals surface area (Å²) in [6, 6.07) is -1.16. The molecule has 9 unspecified atom stereocenters. The minimum absolute atomic E-state index is 0.265. The first-order valence-corrected chi connectivity index (χ1v) is 24.4. The molecule has 1 amide bonds. The molecule has 1 aliphatic rings. The molecular weight excluding hydrogens is 739 g/mol. The summed E-state index contributed by atoms with van der Waals surface area (Å²) >= 11 is 0. The number of aliphatic hydroxyl groups excluding tert-OH is 7. The Morgan fingerprint density at radius 1 is 0.534 bits per heavy atom. The fraction of sp³-hybridized carbons (Fsp3) is 0.979. The molecule has 0 bridgehead atoms. The lowest BCUT2D eigenvalue weighted by molar-refractivity contribution is -0.303. The van der Waals surface area contributed by atoms with Crippen LogP contribution in [0.15, 0.2) is 0 Å². The third-order valence-corrected chi connectivity index (χ3v) is 12.2.